The van der Waals surface area contributed by atoms with Gasteiger partial charge in [0.15, 0.2) is 0 Å². The number of benzene rings is 1. The van der Waals surface area contributed by atoms with Crippen LogP contribution in [0.5, 0.6) is 0 Å². The number of amides is 1. The minimum atomic E-state index is -1.70. The van der Waals surface area contributed by atoms with Gasteiger partial charge in [0.1, 0.15) is 17.7 Å². The van der Waals surface area contributed by atoms with E-state index in [2.05, 4.69) is 0 Å². The molecule has 0 unspecified atom stereocenters. The highest BCUT2D eigenvalue weighted by molar-refractivity contribution is 5.97. The van der Waals surface area contributed by atoms with Gasteiger partial charge in [-0.15, -0.1) is 0 Å². The van der Waals surface area contributed by atoms with Crippen LogP contribution >= 0.6 is 0 Å². The van der Waals surface area contributed by atoms with Crippen molar-refractivity contribution in [3.05, 3.63) is 35.4 Å². The van der Waals surface area contributed by atoms with Gasteiger partial charge in [-0.2, -0.15) is 0 Å². The second kappa shape index (κ2) is 5.89. The molecule has 0 bridgehead atoms. The summed E-state index contributed by atoms with van der Waals surface area (Å²) in [5.74, 6) is -6.21. The SMILES string of the molecule is O=C(O)C[C@H](NC(=O)c1ccc(F)cc1F)C(=O)O. The average Bonchev–Trinajstić information content (AvgIpc) is 2.26. The molecule has 3 N–H and O–H groups in total. The van der Waals surface area contributed by atoms with Gasteiger partial charge in [0.05, 0.1) is 12.0 Å². The second-order valence-electron chi connectivity index (χ2n) is 3.59. The minimum Gasteiger partial charge on any atom is -0.481 e. The zero-order valence-electron chi connectivity index (χ0n) is 9.39. The number of hydrogen-bond acceptors (Lipinski definition) is 3. The van der Waals surface area contributed by atoms with E-state index in [1.54, 1.807) is 0 Å². The Morgan fingerprint density at radius 2 is 1.84 bits per heavy atom. The van der Waals surface area contributed by atoms with E-state index < -0.39 is 47.5 Å². The normalized spacial score (nSPS) is 11.7. The fourth-order valence-corrected chi connectivity index (χ4v) is 1.28. The van der Waals surface area contributed by atoms with Crippen molar-refractivity contribution in [3.8, 4) is 0 Å². The van der Waals surface area contributed by atoms with Gasteiger partial charge in [-0.3, -0.25) is 9.59 Å². The molecular formula is C11H9F2NO5. The number of hydrogen-bond donors (Lipinski definition) is 3. The van der Waals surface area contributed by atoms with Gasteiger partial charge >= 0.3 is 11.9 Å². The summed E-state index contributed by atoms with van der Waals surface area (Å²) in [6.07, 6.45) is -0.857. The zero-order chi connectivity index (χ0) is 14.6. The van der Waals surface area contributed by atoms with Gasteiger partial charge in [0, 0.05) is 6.07 Å². The molecule has 6 nitrogen and oxygen atoms in total. The number of carboxylic acid groups (broad SMARTS) is 2. The molecule has 102 valence electrons. The molecule has 0 aliphatic carbocycles. The van der Waals surface area contributed by atoms with Crippen LogP contribution in [-0.4, -0.2) is 34.1 Å². The predicted octanol–water partition coefficient (Wildman–Crippen LogP) is 0.622. The van der Waals surface area contributed by atoms with Crippen LogP contribution in [0, 0.1) is 11.6 Å². The molecule has 1 aromatic carbocycles. The van der Waals surface area contributed by atoms with Gasteiger partial charge in [-0.25, -0.2) is 13.6 Å². The van der Waals surface area contributed by atoms with Crippen molar-refractivity contribution in [1.82, 2.24) is 5.32 Å². The lowest BCUT2D eigenvalue weighted by atomic mass is 10.1. The van der Waals surface area contributed by atoms with E-state index in [9.17, 15) is 23.2 Å². The number of carbonyl (C=O) groups is 3. The van der Waals surface area contributed by atoms with Crippen molar-refractivity contribution in [2.45, 2.75) is 12.5 Å². The van der Waals surface area contributed by atoms with Crippen molar-refractivity contribution < 1.29 is 33.4 Å². The first-order valence-electron chi connectivity index (χ1n) is 5.01. The second-order valence-corrected chi connectivity index (χ2v) is 3.59. The summed E-state index contributed by atoms with van der Waals surface area (Å²) >= 11 is 0. The predicted molar refractivity (Wildman–Crippen MR) is 57.5 cm³/mol. The van der Waals surface area contributed by atoms with E-state index in [-0.39, 0.29) is 0 Å². The zero-order valence-corrected chi connectivity index (χ0v) is 9.39. The largest absolute Gasteiger partial charge is 0.481 e. The molecular weight excluding hydrogens is 264 g/mol. The Morgan fingerprint density at radius 1 is 1.21 bits per heavy atom. The molecule has 8 heteroatoms. The summed E-state index contributed by atoms with van der Waals surface area (Å²) in [5.41, 5.74) is -0.571. The highest BCUT2D eigenvalue weighted by Gasteiger charge is 2.24. The summed E-state index contributed by atoms with van der Waals surface area (Å²) in [5, 5.41) is 19.0. The molecule has 0 saturated carbocycles. The van der Waals surface area contributed by atoms with Crippen LogP contribution in [0.15, 0.2) is 18.2 Å². The first-order chi connectivity index (χ1) is 8.81. The Hall–Kier alpha value is -2.51. The summed E-state index contributed by atoms with van der Waals surface area (Å²) in [6.45, 7) is 0. The van der Waals surface area contributed by atoms with Crippen molar-refractivity contribution in [1.29, 1.82) is 0 Å². The topological polar surface area (TPSA) is 104 Å². The summed E-state index contributed by atoms with van der Waals surface area (Å²) < 4.78 is 25.9. The fourth-order valence-electron chi connectivity index (χ4n) is 1.28. The van der Waals surface area contributed by atoms with Crippen molar-refractivity contribution in [3.63, 3.8) is 0 Å². The van der Waals surface area contributed by atoms with Crippen molar-refractivity contribution >= 4 is 17.8 Å². The van der Waals surface area contributed by atoms with E-state index in [0.29, 0.717) is 6.07 Å². The molecule has 1 atom stereocenters. The lowest BCUT2D eigenvalue weighted by Gasteiger charge is -2.12. The van der Waals surface area contributed by atoms with Gasteiger partial charge in [-0.1, -0.05) is 0 Å². The fraction of sp³-hybridized carbons (Fsp3) is 0.182. The van der Waals surface area contributed by atoms with Gasteiger partial charge in [0.25, 0.3) is 5.91 Å². The lowest BCUT2D eigenvalue weighted by Crippen LogP contribution is -2.42. The van der Waals surface area contributed by atoms with E-state index in [1.165, 1.54) is 0 Å². The minimum absolute atomic E-state index is 0.460. The monoisotopic (exact) mass is 273 g/mol. The maximum atomic E-state index is 13.3. The van der Waals surface area contributed by atoms with E-state index in [1.807, 2.05) is 5.32 Å². The number of carbonyl (C=O) groups excluding carboxylic acids is 1. The quantitative estimate of drug-likeness (QED) is 0.729. The van der Waals surface area contributed by atoms with Gasteiger partial charge in [0.2, 0.25) is 0 Å². The van der Waals surface area contributed by atoms with Crippen molar-refractivity contribution in [2.24, 2.45) is 0 Å². The van der Waals surface area contributed by atoms with Crippen LogP contribution < -0.4 is 5.32 Å². The Balaban J connectivity index is 2.87. The highest BCUT2D eigenvalue weighted by Crippen LogP contribution is 2.10. The maximum Gasteiger partial charge on any atom is 0.326 e. The molecule has 1 rings (SSSR count). The van der Waals surface area contributed by atoms with Crippen LogP contribution in [0.2, 0.25) is 0 Å². The van der Waals surface area contributed by atoms with Crippen LogP contribution in [0.1, 0.15) is 16.8 Å². The first kappa shape index (κ1) is 14.6. The molecule has 0 saturated heterocycles. The molecule has 0 fully saturated rings. The molecule has 0 spiro atoms. The Kier molecular flexibility index (Phi) is 4.51. The molecule has 0 aromatic heterocycles. The molecule has 0 aliphatic heterocycles. The molecule has 0 heterocycles. The lowest BCUT2D eigenvalue weighted by molar-refractivity contribution is -0.145. The average molecular weight is 273 g/mol. The maximum absolute atomic E-state index is 13.3. The van der Waals surface area contributed by atoms with Crippen LogP contribution in [-0.2, 0) is 9.59 Å². The number of halogens is 2. The van der Waals surface area contributed by atoms with Crippen LogP contribution in [0.3, 0.4) is 0 Å². The number of aliphatic carboxylic acids is 2. The number of rotatable bonds is 5. The number of carboxylic acids is 2. The number of nitrogens with one attached hydrogen (secondary N) is 1. The first-order valence-corrected chi connectivity index (χ1v) is 5.01. The van der Waals surface area contributed by atoms with Crippen molar-refractivity contribution in [2.75, 3.05) is 0 Å². The molecule has 0 radical (unpaired) electrons. The Labute approximate surface area is 105 Å². The summed E-state index contributed by atoms with van der Waals surface area (Å²) in [4.78, 5) is 32.7. The highest BCUT2D eigenvalue weighted by atomic mass is 19.1. The molecule has 0 aliphatic rings. The Morgan fingerprint density at radius 3 is 2.32 bits per heavy atom. The van der Waals surface area contributed by atoms with E-state index in [4.69, 9.17) is 10.2 Å². The molecule has 19 heavy (non-hydrogen) atoms. The smallest absolute Gasteiger partial charge is 0.326 e. The molecule has 1 aromatic rings. The summed E-state index contributed by atoms with van der Waals surface area (Å²) in [6, 6.07) is 0.418. The van der Waals surface area contributed by atoms with Crippen LogP contribution in [0.4, 0.5) is 8.78 Å². The van der Waals surface area contributed by atoms with Gasteiger partial charge in [-0.05, 0) is 12.1 Å². The third-order valence-electron chi connectivity index (χ3n) is 2.16. The molecule has 1 amide bonds. The standard InChI is InChI=1S/C11H9F2NO5/c12-5-1-2-6(7(13)3-5)10(17)14-8(11(18)19)4-9(15)16/h1-3,8H,4H2,(H,14,17)(H,15,16)(H,18,19)/t8-/m0/s1. The third-order valence-corrected chi connectivity index (χ3v) is 2.16. The van der Waals surface area contributed by atoms with Crippen LogP contribution in [0.25, 0.3) is 0 Å². The Bertz CT molecular complexity index is 532. The van der Waals surface area contributed by atoms with Gasteiger partial charge < -0.3 is 15.5 Å². The summed E-state index contributed by atoms with van der Waals surface area (Å²) in [7, 11) is 0. The third kappa shape index (κ3) is 4.02. The van der Waals surface area contributed by atoms with E-state index >= 15 is 0 Å². The van der Waals surface area contributed by atoms with E-state index in [0.717, 1.165) is 12.1 Å².